The molecule has 0 aromatic carbocycles. The molecule has 0 bridgehead atoms. The van der Waals surface area contributed by atoms with Crippen LogP contribution in [0.4, 0.5) is 0 Å². The van der Waals surface area contributed by atoms with Crippen molar-refractivity contribution < 1.29 is 0 Å². The van der Waals surface area contributed by atoms with Crippen LogP contribution in [0.1, 0.15) is 0 Å². The normalized spacial score (nSPS) is 18.0. The van der Waals surface area contributed by atoms with E-state index in [-0.39, 0.29) is 18.1 Å². The second-order valence-corrected chi connectivity index (χ2v) is 26.4. The molecule has 0 spiro atoms. The van der Waals surface area contributed by atoms with Crippen LogP contribution in [0.5, 0.6) is 0 Å². The molecule has 0 heterocycles. The third-order valence-electron chi connectivity index (χ3n) is 3.27. The third-order valence-corrected chi connectivity index (χ3v) is 27.8. The highest BCUT2D eigenvalue weighted by Crippen LogP contribution is 2.03. The minimum absolute atomic E-state index is 0.117. The van der Waals surface area contributed by atoms with Crippen molar-refractivity contribution in [1.82, 2.24) is 14.4 Å². The van der Waals surface area contributed by atoms with Crippen LogP contribution < -0.4 is 0 Å². The number of rotatable bonds is 7. The van der Waals surface area contributed by atoms with Crippen LogP contribution in [0.25, 0.3) is 0 Å². The molecule has 0 aliphatic heterocycles. The summed E-state index contributed by atoms with van der Waals surface area (Å²) in [4.78, 5) is 4.76. The summed E-state index contributed by atoms with van der Waals surface area (Å²) in [7, 11) is 12.8. The molecular formula is C9H29N3Si3. The first-order valence-corrected chi connectivity index (χ1v) is 14.9. The fraction of sp³-hybridized carbons (Fsp3) is 1.00. The van der Waals surface area contributed by atoms with E-state index >= 15 is 0 Å². The van der Waals surface area contributed by atoms with Gasteiger partial charge in [-0.1, -0.05) is 6.55 Å². The summed E-state index contributed by atoms with van der Waals surface area (Å²) in [5.41, 5.74) is 0. The van der Waals surface area contributed by atoms with Crippen LogP contribution in [-0.2, 0) is 0 Å². The maximum Gasteiger partial charge on any atom is 0.0945 e. The Kier molecular flexibility index (Phi) is 7.22. The van der Waals surface area contributed by atoms with Gasteiger partial charge in [-0.2, -0.15) is 0 Å². The van der Waals surface area contributed by atoms with E-state index in [1.165, 1.54) is 12.3 Å². The lowest BCUT2D eigenvalue weighted by atomic mass is 11.0. The fourth-order valence-electron chi connectivity index (χ4n) is 1.50. The lowest BCUT2D eigenvalue weighted by molar-refractivity contribution is 0.476. The predicted octanol–water partition coefficient (Wildman–Crippen LogP) is -1.51. The van der Waals surface area contributed by atoms with Crippen molar-refractivity contribution in [2.24, 2.45) is 0 Å². The molecule has 92 valence electrons. The van der Waals surface area contributed by atoms with Crippen molar-refractivity contribution in [3.05, 3.63) is 0 Å². The highest BCUT2D eigenvalue weighted by molar-refractivity contribution is 7.48. The van der Waals surface area contributed by atoms with Gasteiger partial charge in [-0.05, 0) is 54.6 Å². The van der Waals surface area contributed by atoms with Crippen molar-refractivity contribution in [2.75, 3.05) is 54.6 Å². The minimum atomic E-state index is -0.925. The van der Waals surface area contributed by atoms with E-state index in [0.29, 0.717) is 0 Å². The summed E-state index contributed by atoms with van der Waals surface area (Å²) in [6.07, 6.45) is 2.78. The second-order valence-electron chi connectivity index (χ2n) is 5.50. The Hall–Kier alpha value is 0.531. The molecule has 0 atom stereocenters. The number of nitrogens with zero attached hydrogens (tertiary/aromatic N) is 3. The molecule has 0 saturated carbocycles. The topological polar surface area (TPSA) is 9.72 Å². The lowest BCUT2D eigenvalue weighted by Gasteiger charge is -2.35. The van der Waals surface area contributed by atoms with E-state index in [1.807, 2.05) is 0 Å². The van der Waals surface area contributed by atoms with Gasteiger partial charge in [0.05, 0.1) is 7.27 Å². The van der Waals surface area contributed by atoms with Crippen molar-refractivity contribution in [2.45, 2.75) is 6.55 Å². The Morgan fingerprint density at radius 3 is 1.33 bits per heavy atom. The summed E-state index contributed by atoms with van der Waals surface area (Å²) in [6, 6.07) is 0. The van der Waals surface area contributed by atoms with Gasteiger partial charge in [0.15, 0.2) is 0 Å². The Balaban J connectivity index is 4.19. The molecule has 0 aliphatic carbocycles. The zero-order chi connectivity index (χ0) is 12.1. The smallest absolute Gasteiger partial charge is 0.0945 e. The molecule has 6 heteroatoms. The van der Waals surface area contributed by atoms with Crippen LogP contribution in [0, 0.1) is 0 Å². The average Bonchev–Trinajstić information content (AvgIpc) is 2.11. The molecule has 0 aromatic rings. The first-order chi connectivity index (χ1) is 6.78. The van der Waals surface area contributed by atoms with Gasteiger partial charge in [-0.15, -0.1) is 0 Å². The van der Waals surface area contributed by atoms with E-state index in [9.17, 15) is 0 Å². The first-order valence-electron chi connectivity index (χ1n) is 5.75. The summed E-state index contributed by atoms with van der Waals surface area (Å²) in [5, 5.41) is 0. The quantitative estimate of drug-likeness (QED) is 0.517. The zero-order valence-corrected chi connectivity index (χ0v) is 15.5. The van der Waals surface area contributed by atoms with Crippen molar-refractivity contribution in [3.8, 4) is 0 Å². The monoisotopic (exact) mass is 263 g/mol. The maximum absolute atomic E-state index is 2.62. The van der Waals surface area contributed by atoms with E-state index < -0.39 is 7.27 Å². The van der Waals surface area contributed by atoms with Crippen molar-refractivity contribution in [1.29, 1.82) is 0 Å². The molecule has 3 nitrogen and oxygen atoms in total. The number of hydrogen-bond donors (Lipinski definition) is 0. The van der Waals surface area contributed by atoms with Crippen LogP contribution in [-0.4, -0.2) is 94.3 Å². The van der Waals surface area contributed by atoms with E-state index in [1.54, 1.807) is 0 Å². The van der Waals surface area contributed by atoms with Gasteiger partial charge in [0.1, 0.15) is 0 Å². The average molecular weight is 264 g/mol. The van der Waals surface area contributed by atoms with Crippen LogP contribution in [0.3, 0.4) is 0 Å². The second kappa shape index (κ2) is 6.97. The highest BCUT2D eigenvalue weighted by Gasteiger charge is 2.30. The minimum Gasteiger partial charge on any atom is -0.334 e. The van der Waals surface area contributed by atoms with E-state index in [0.717, 1.165) is 0 Å². The number of hydrogen-bond acceptors (Lipinski definition) is 3. The predicted molar refractivity (Wildman–Crippen MR) is 79.5 cm³/mol. The lowest BCUT2D eigenvalue weighted by Crippen LogP contribution is -2.62. The summed E-state index contributed by atoms with van der Waals surface area (Å²) in [5.74, 6) is 0. The summed E-state index contributed by atoms with van der Waals surface area (Å²) < 4.78 is 2.62. The molecule has 0 N–H and O–H groups in total. The molecule has 0 rings (SSSR count). The molecule has 0 aromatic heterocycles. The third kappa shape index (κ3) is 6.64. The van der Waals surface area contributed by atoms with Gasteiger partial charge in [0.25, 0.3) is 0 Å². The van der Waals surface area contributed by atoms with Gasteiger partial charge in [0.2, 0.25) is 0 Å². The maximum atomic E-state index is 2.62. The van der Waals surface area contributed by atoms with Gasteiger partial charge >= 0.3 is 0 Å². The SMILES string of the molecule is CN(C)C[SiH2][Si](C)([SiH2]CN(C)C)N(C)C. The Morgan fingerprint density at radius 2 is 1.13 bits per heavy atom. The summed E-state index contributed by atoms with van der Waals surface area (Å²) >= 11 is 0. The summed E-state index contributed by atoms with van der Waals surface area (Å²) in [6.45, 7) is 2.62. The van der Waals surface area contributed by atoms with Gasteiger partial charge in [0, 0.05) is 18.1 Å². The fourth-order valence-corrected chi connectivity index (χ4v) is 18.6. The van der Waals surface area contributed by atoms with Gasteiger partial charge in [-0.3, -0.25) is 0 Å². The zero-order valence-electron chi connectivity index (χ0n) is 11.7. The molecule has 0 unspecified atom stereocenters. The van der Waals surface area contributed by atoms with Crippen LogP contribution >= 0.6 is 0 Å². The molecular weight excluding hydrogens is 234 g/mol. The van der Waals surface area contributed by atoms with Gasteiger partial charge < -0.3 is 14.4 Å². The molecule has 0 amide bonds. The molecule has 15 heavy (non-hydrogen) atoms. The molecule has 0 aliphatic rings. The van der Waals surface area contributed by atoms with Gasteiger partial charge in [-0.25, -0.2) is 0 Å². The molecule has 0 saturated heterocycles. The van der Waals surface area contributed by atoms with Crippen LogP contribution in [0.2, 0.25) is 6.55 Å². The Bertz CT molecular complexity index is 162. The first kappa shape index (κ1) is 15.5. The molecule has 0 radical (unpaired) electrons. The van der Waals surface area contributed by atoms with E-state index in [2.05, 4.69) is 63.2 Å². The van der Waals surface area contributed by atoms with Crippen LogP contribution in [0.15, 0.2) is 0 Å². The molecule has 0 fully saturated rings. The Labute approximate surface area is 101 Å². The standard InChI is InChI=1S/C9H29N3Si3/c1-10(2)8-13-15(7,12(5)6)14-9-11(3)4/h8-9,13-14H2,1-7H3. The Morgan fingerprint density at radius 1 is 0.800 bits per heavy atom. The van der Waals surface area contributed by atoms with Crippen molar-refractivity contribution in [3.63, 3.8) is 0 Å². The largest absolute Gasteiger partial charge is 0.334 e. The van der Waals surface area contributed by atoms with Crippen molar-refractivity contribution >= 4 is 25.3 Å². The highest BCUT2D eigenvalue weighted by atomic mass is 29.6. The van der Waals surface area contributed by atoms with E-state index in [4.69, 9.17) is 0 Å².